The van der Waals surface area contributed by atoms with Crippen molar-refractivity contribution in [1.29, 1.82) is 0 Å². The van der Waals surface area contributed by atoms with Crippen LogP contribution < -0.4 is 5.32 Å². The molecule has 0 saturated heterocycles. The third-order valence-electron chi connectivity index (χ3n) is 2.92. The molecule has 102 valence electrons. The SMILES string of the molecule is COCCCCCNC(C)c1cccc(Cl)c1Cl. The second-order valence-corrected chi connectivity index (χ2v) is 5.16. The van der Waals surface area contributed by atoms with E-state index in [0.29, 0.717) is 10.0 Å². The normalized spacial score (nSPS) is 12.7. The fourth-order valence-electron chi connectivity index (χ4n) is 1.83. The molecule has 4 heteroatoms. The molecular weight excluding hydrogens is 269 g/mol. The maximum absolute atomic E-state index is 6.18. The minimum atomic E-state index is 0.221. The van der Waals surface area contributed by atoms with Crippen LogP contribution >= 0.6 is 23.2 Å². The molecule has 0 fully saturated rings. The number of nitrogens with one attached hydrogen (secondary N) is 1. The van der Waals surface area contributed by atoms with Crippen LogP contribution in [0.5, 0.6) is 0 Å². The van der Waals surface area contributed by atoms with E-state index in [1.54, 1.807) is 7.11 Å². The highest BCUT2D eigenvalue weighted by molar-refractivity contribution is 6.42. The van der Waals surface area contributed by atoms with Crippen LogP contribution in [0.15, 0.2) is 18.2 Å². The largest absolute Gasteiger partial charge is 0.385 e. The number of rotatable bonds is 8. The predicted molar refractivity (Wildman–Crippen MR) is 78.6 cm³/mol. The first-order chi connectivity index (χ1) is 8.66. The van der Waals surface area contributed by atoms with E-state index in [4.69, 9.17) is 27.9 Å². The van der Waals surface area contributed by atoms with Crippen LogP contribution in [-0.2, 0) is 4.74 Å². The molecule has 0 aliphatic heterocycles. The monoisotopic (exact) mass is 289 g/mol. The number of ether oxygens (including phenoxy) is 1. The molecule has 0 saturated carbocycles. The Bertz CT molecular complexity index is 358. The van der Waals surface area contributed by atoms with Crippen molar-refractivity contribution in [3.63, 3.8) is 0 Å². The standard InChI is InChI=1S/C14H21Cl2NO/c1-11(17-9-4-3-5-10-18-2)12-7-6-8-13(15)14(12)16/h6-8,11,17H,3-5,9-10H2,1-2H3. The molecule has 0 bridgehead atoms. The Morgan fingerprint density at radius 2 is 2.00 bits per heavy atom. The summed E-state index contributed by atoms with van der Waals surface area (Å²) in [6.45, 7) is 3.93. The van der Waals surface area contributed by atoms with Crippen LogP contribution in [0, 0.1) is 0 Å². The van der Waals surface area contributed by atoms with Crippen molar-refractivity contribution in [2.75, 3.05) is 20.3 Å². The summed E-state index contributed by atoms with van der Waals surface area (Å²) in [6, 6.07) is 5.97. The van der Waals surface area contributed by atoms with Gasteiger partial charge in [0.05, 0.1) is 10.0 Å². The zero-order chi connectivity index (χ0) is 13.4. The van der Waals surface area contributed by atoms with E-state index < -0.39 is 0 Å². The van der Waals surface area contributed by atoms with Gasteiger partial charge in [-0.25, -0.2) is 0 Å². The van der Waals surface area contributed by atoms with Crippen molar-refractivity contribution in [2.24, 2.45) is 0 Å². The summed E-state index contributed by atoms with van der Waals surface area (Å²) in [4.78, 5) is 0. The third-order valence-corrected chi connectivity index (χ3v) is 3.76. The highest BCUT2D eigenvalue weighted by Gasteiger charge is 2.10. The third kappa shape index (κ3) is 5.15. The summed E-state index contributed by atoms with van der Waals surface area (Å²) in [5.74, 6) is 0. The predicted octanol–water partition coefficient (Wildman–Crippen LogP) is 4.46. The molecule has 0 amide bonds. The smallest absolute Gasteiger partial charge is 0.0639 e. The molecule has 2 nitrogen and oxygen atoms in total. The van der Waals surface area contributed by atoms with E-state index >= 15 is 0 Å². The lowest BCUT2D eigenvalue weighted by Crippen LogP contribution is -2.20. The van der Waals surface area contributed by atoms with E-state index in [0.717, 1.165) is 31.6 Å². The van der Waals surface area contributed by atoms with Gasteiger partial charge in [0.15, 0.2) is 0 Å². The Morgan fingerprint density at radius 1 is 1.22 bits per heavy atom. The molecule has 1 rings (SSSR count). The number of halogens is 2. The maximum atomic E-state index is 6.18. The first-order valence-electron chi connectivity index (χ1n) is 6.33. The molecule has 1 aromatic carbocycles. The minimum absolute atomic E-state index is 0.221. The second-order valence-electron chi connectivity index (χ2n) is 4.37. The van der Waals surface area contributed by atoms with Crippen molar-refractivity contribution < 1.29 is 4.74 Å². The van der Waals surface area contributed by atoms with E-state index in [2.05, 4.69) is 12.2 Å². The lowest BCUT2D eigenvalue weighted by Gasteiger charge is -2.16. The van der Waals surface area contributed by atoms with Gasteiger partial charge < -0.3 is 10.1 Å². The highest BCUT2D eigenvalue weighted by atomic mass is 35.5. The van der Waals surface area contributed by atoms with Gasteiger partial charge in [-0.15, -0.1) is 0 Å². The molecule has 0 aliphatic rings. The van der Waals surface area contributed by atoms with Crippen LogP contribution in [0.3, 0.4) is 0 Å². The molecule has 0 aromatic heterocycles. The molecule has 0 heterocycles. The van der Waals surface area contributed by atoms with Gasteiger partial charge in [0.25, 0.3) is 0 Å². The molecule has 0 radical (unpaired) electrons. The zero-order valence-electron chi connectivity index (χ0n) is 11.0. The van der Waals surface area contributed by atoms with Crippen LogP contribution in [0.1, 0.15) is 37.8 Å². The molecule has 0 aliphatic carbocycles. The van der Waals surface area contributed by atoms with Crippen LogP contribution in [0.4, 0.5) is 0 Å². The van der Waals surface area contributed by atoms with Gasteiger partial charge in [-0.05, 0) is 44.4 Å². The van der Waals surface area contributed by atoms with E-state index in [1.165, 1.54) is 6.42 Å². The Morgan fingerprint density at radius 3 is 2.72 bits per heavy atom. The van der Waals surface area contributed by atoms with Crippen molar-refractivity contribution >= 4 is 23.2 Å². The second kappa shape index (κ2) is 8.76. The topological polar surface area (TPSA) is 21.3 Å². The Hall–Kier alpha value is -0.280. The van der Waals surface area contributed by atoms with Crippen LogP contribution in [0.2, 0.25) is 10.0 Å². The fourth-order valence-corrected chi connectivity index (χ4v) is 2.30. The summed E-state index contributed by atoms with van der Waals surface area (Å²) in [5.41, 5.74) is 1.06. The summed E-state index contributed by atoms with van der Waals surface area (Å²) in [5, 5.41) is 4.73. The van der Waals surface area contributed by atoms with Gasteiger partial charge in [0, 0.05) is 19.8 Å². The number of benzene rings is 1. The van der Waals surface area contributed by atoms with Crippen LogP contribution in [0.25, 0.3) is 0 Å². The summed E-state index contributed by atoms with van der Waals surface area (Å²) >= 11 is 12.2. The molecule has 1 atom stereocenters. The Labute approximate surface area is 120 Å². The Balaban J connectivity index is 2.32. The van der Waals surface area contributed by atoms with E-state index in [1.807, 2.05) is 18.2 Å². The van der Waals surface area contributed by atoms with Gasteiger partial charge in [-0.3, -0.25) is 0 Å². The lowest BCUT2D eigenvalue weighted by atomic mass is 10.1. The average Bonchev–Trinajstić information content (AvgIpc) is 2.36. The van der Waals surface area contributed by atoms with Crippen molar-refractivity contribution in [1.82, 2.24) is 5.32 Å². The lowest BCUT2D eigenvalue weighted by molar-refractivity contribution is 0.192. The zero-order valence-corrected chi connectivity index (χ0v) is 12.5. The summed E-state index contributed by atoms with van der Waals surface area (Å²) in [7, 11) is 1.74. The summed E-state index contributed by atoms with van der Waals surface area (Å²) < 4.78 is 5.02. The number of hydrogen-bond acceptors (Lipinski definition) is 2. The van der Waals surface area contributed by atoms with Gasteiger partial charge in [0.2, 0.25) is 0 Å². The average molecular weight is 290 g/mol. The van der Waals surface area contributed by atoms with Gasteiger partial charge in [-0.2, -0.15) is 0 Å². The first-order valence-corrected chi connectivity index (χ1v) is 7.08. The molecule has 18 heavy (non-hydrogen) atoms. The highest BCUT2D eigenvalue weighted by Crippen LogP contribution is 2.29. The fraction of sp³-hybridized carbons (Fsp3) is 0.571. The molecule has 0 spiro atoms. The number of hydrogen-bond donors (Lipinski definition) is 1. The molecule has 1 aromatic rings. The molecule has 1 unspecified atom stereocenters. The van der Waals surface area contributed by atoms with Crippen molar-refractivity contribution in [2.45, 2.75) is 32.2 Å². The van der Waals surface area contributed by atoms with Gasteiger partial charge in [0.1, 0.15) is 0 Å². The van der Waals surface area contributed by atoms with Crippen LogP contribution in [-0.4, -0.2) is 20.3 Å². The quantitative estimate of drug-likeness (QED) is 0.714. The van der Waals surface area contributed by atoms with E-state index in [9.17, 15) is 0 Å². The molecular formula is C14H21Cl2NO. The van der Waals surface area contributed by atoms with Gasteiger partial charge in [-0.1, -0.05) is 35.3 Å². The van der Waals surface area contributed by atoms with Gasteiger partial charge >= 0.3 is 0 Å². The van der Waals surface area contributed by atoms with Crippen molar-refractivity contribution in [3.05, 3.63) is 33.8 Å². The first kappa shape index (κ1) is 15.8. The maximum Gasteiger partial charge on any atom is 0.0639 e. The number of methoxy groups -OCH3 is 1. The molecule has 1 N–H and O–H groups in total. The summed E-state index contributed by atoms with van der Waals surface area (Å²) in [6.07, 6.45) is 3.44. The van der Waals surface area contributed by atoms with E-state index in [-0.39, 0.29) is 6.04 Å². The number of unbranched alkanes of at least 4 members (excludes halogenated alkanes) is 2. The van der Waals surface area contributed by atoms with Crippen molar-refractivity contribution in [3.8, 4) is 0 Å². The minimum Gasteiger partial charge on any atom is -0.385 e. The Kier molecular flexibility index (Phi) is 7.68.